The van der Waals surface area contributed by atoms with Gasteiger partial charge in [-0.25, -0.2) is 0 Å². The molecule has 22 heavy (non-hydrogen) atoms. The van der Waals surface area contributed by atoms with Crippen molar-refractivity contribution in [2.24, 2.45) is 23.2 Å². The molecule has 2 nitrogen and oxygen atoms in total. The van der Waals surface area contributed by atoms with E-state index in [1.165, 1.54) is 11.1 Å². The van der Waals surface area contributed by atoms with Gasteiger partial charge in [-0.3, -0.25) is 4.79 Å². The summed E-state index contributed by atoms with van der Waals surface area (Å²) in [4.78, 5) is 12.4. The topological polar surface area (TPSA) is 37.3 Å². The van der Waals surface area contributed by atoms with Crippen LogP contribution in [0, 0.1) is 23.2 Å². The third-order valence-corrected chi connectivity index (χ3v) is 7.15. The molecule has 5 atom stereocenters. The van der Waals surface area contributed by atoms with Gasteiger partial charge in [0.15, 0.2) is 0 Å². The normalized spacial score (nSPS) is 40.0. The molecule has 3 aliphatic carbocycles. The summed E-state index contributed by atoms with van der Waals surface area (Å²) in [6.07, 6.45) is 4.88. The van der Waals surface area contributed by atoms with E-state index >= 15 is 0 Å². The quantitative estimate of drug-likeness (QED) is 0.751. The zero-order valence-electron chi connectivity index (χ0n) is 13.2. The van der Waals surface area contributed by atoms with Gasteiger partial charge in [-0.2, -0.15) is 0 Å². The van der Waals surface area contributed by atoms with Crippen LogP contribution in [0.5, 0.6) is 5.75 Å². The van der Waals surface area contributed by atoms with Gasteiger partial charge in [0.2, 0.25) is 0 Å². The van der Waals surface area contributed by atoms with Crippen molar-refractivity contribution >= 4 is 17.4 Å². The number of aromatic hydroxyl groups is 1. The largest absolute Gasteiger partial charge is 0.506 e. The molecular formula is C19H23ClO2. The highest BCUT2D eigenvalue weighted by Crippen LogP contribution is 2.61. The maximum absolute atomic E-state index is 12.4. The van der Waals surface area contributed by atoms with Gasteiger partial charge >= 0.3 is 0 Å². The van der Waals surface area contributed by atoms with E-state index in [-0.39, 0.29) is 11.2 Å². The first kappa shape index (κ1) is 14.6. The average Bonchev–Trinajstić information content (AvgIpc) is 2.77. The lowest BCUT2D eigenvalue weighted by Crippen LogP contribution is -2.45. The predicted molar refractivity (Wildman–Crippen MR) is 87.3 cm³/mol. The SMILES string of the molecule is C[C@@H]1Cc2cc(O)c(Cl)cc2[C@H]2CC[C@]3(C)C(=O)CC[C@H]3[C@H]12. The molecule has 118 valence electrons. The molecule has 2 fully saturated rings. The number of rotatable bonds is 0. The summed E-state index contributed by atoms with van der Waals surface area (Å²) in [5.74, 6) is 2.85. The molecule has 4 rings (SSSR count). The Bertz CT molecular complexity index is 653. The van der Waals surface area contributed by atoms with Crippen LogP contribution in [0.1, 0.15) is 56.6 Å². The molecule has 2 saturated carbocycles. The summed E-state index contributed by atoms with van der Waals surface area (Å²) in [6, 6.07) is 3.84. The molecule has 0 unspecified atom stereocenters. The number of carbonyl (C=O) groups is 1. The smallest absolute Gasteiger partial charge is 0.139 e. The van der Waals surface area contributed by atoms with Crippen LogP contribution in [0.3, 0.4) is 0 Å². The van der Waals surface area contributed by atoms with E-state index in [0.717, 1.165) is 32.1 Å². The van der Waals surface area contributed by atoms with Crippen molar-refractivity contribution in [3.05, 3.63) is 28.3 Å². The van der Waals surface area contributed by atoms with Crippen molar-refractivity contribution in [1.29, 1.82) is 0 Å². The molecule has 0 radical (unpaired) electrons. The molecule has 3 aliphatic rings. The van der Waals surface area contributed by atoms with E-state index in [1.54, 1.807) is 0 Å². The second-order valence-electron chi connectivity index (χ2n) is 7.89. The number of ketones is 1. The average molecular weight is 319 g/mol. The van der Waals surface area contributed by atoms with Crippen LogP contribution in [0.15, 0.2) is 12.1 Å². The minimum Gasteiger partial charge on any atom is -0.506 e. The van der Waals surface area contributed by atoms with Gasteiger partial charge < -0.3 is 5.11 Å². The lowest BCUT2D eigenvalue weighted by molar-refractivity contribution is -0.129. The van der Waals surface area contributed by atoms with Gasteiger partial charge in [-0.15, -0.1) is 0 Å². The van der Waals surface area contributed by atoms with Gasteiger partial charge in [-0.1, -0.05) is 25.4 Å². The number of hydrogen-bond acceptors (Lipinski definition) is 2. The van der Waals surface area contributed by atoms with Crippen LogP contribution in [0.25, 0.3) is 0 Å². The van der Waals surface area contributed by atoms with E-state index in [1.807, 2.05) is 12.1 Å². The Morgan fingerprint density at radius 1 is 1.32 bits per heavy atom. The minimum atomic E-state index is -0.0896. The van der Waals surface area contributed by atoms with Crippen LogP contribution >= 0.6 is 11.6 Å². The zero-order chi connectivity index (χ0) is 15.6. The van der Waals surface area contributed by atoms with Crippen molar-refractivity contribution in [3.63, 3.8) is 0 Å². The van der Waals surface area contributed by atoms with Crippen molar-refractivity contribution in [3.8, 4) is 5.75 Å². The molecule has 3 heteroatoms. The fraction of sp³-hybridized carbons (Fsp3) is 0.632. The van der Waals surface area contributed by atoms with Crippen molar-refractivity contribution in [2.45, 2.75) is 51.9 Å². The van der Waals surface area contributed by atoms with Gasteiger partial charge in [0.05, 0.1) is 5.02 Å². The maximum atomic E-state index is 12.4. The van der Waals surface area contributed by atoms with Gasteiger partial charge in [0, 0.05) is 11.8 Å². The number of hydrogen-bond donors (Lipinski definition) is 1. The Hall–Kier alpha value is -1.02. The first-order valence-corrected chi connectivity index (χ1v) is 8.84. The number of fused-ring (bicyclic) bond motifs is 5. The highest BCUT2D eigenvalue weighted by atomic mass is 35.5. The third kappa shape index (κ3) is 1.83. The van der Waals surface area contributed by atoms with Gasteiger partial charge in [0.25, 0.3) is 0 Å². The lowest BCUT2D eigenvalue weighted by atomic mass is 9.53. The third-order valence-electron chi connectivity index (χ3n) is 6.85. The molecular weight excluding hydrogens is 296 g/mol. The maximum Gasteiger partial charge on any atom is 0.139 e. The Morgan fingerprint density at radius 2 is 2.09 bits per heavy atom. The first-order valence-electron chi connectivity index (χ1n) is 8.46. The Balaban J connectivity index is 1.79. The number of phenols is 1. The summed E-state index contributed by atoms with van der Waals surface area (Å²) in [5.41, 5.74) is 2.49. The standard InChI is InChI=1S/C19H23ClO2/c1-10-7-11-8-16(21)15(20)9-13(11)12-5-6-19(2)14(18(10)12)3-4-17(19)22/h8-10,12,14,18,21H,3-7H2,1-2H3/t10-,12-,14+,18-,19+/m1/s1. The molecule has 0 amide bonds. The van der Waals surface area contributed by atoms with E-state index in [4.69, 9.17) is 11.6 Å². The fourth-order valence-corrected chi connectivity index (χ4v) is 5.92. The number of halogens is 1. The van der Waals surface area contributed by atoms with E-state index in [2.05, 4.69) is 13.8 Å². The monoisotopic (exact) mass is 318 g/mol. The molecule has 1 N–H and O–H groups in total. The zero-order valence-corrected chi connectivity index (χ0v) is 14.0. The summed E-state index contributed by atoms with van der Waals surface area (Å²) >= 11 is 6.17. The molecule has 1 aromatic rings. The highest BCUT2D eigenvalue weighted by molar-refractivity contribution is 6.32. The molecule has 1 aromatic carbocycles. The number of carbonyl (C=O) groups excluding carboxylic acids is 1. The van der Waals surface area contributed by atoms with Crippen molar-refractivity contribution < 1.29 is 9.90 Å². The van der Waals surface area contributed by atoms with E-state index in [9.17, 15) is 9.90 Å². The minimum absolute atomic E-state index is 0.0896. The van der Waals surface area contributed by atoms with Crippen molar-refractivity contribution in [1.82, 2.24) is 0 Å². The Morgan fingerprint density at radius 3 is 2.86 bits per heavy atom. The summed E-state index contributed by atoms with van der Waals surface area (Å²) in [5, 5.41) is 10.4. The summed E-state index contributed by atoms with van der Waals surface area (Å²) in [7, 11) is 0. The Labute approximate surface area is 136 Å². The fourth-order valence-electron chi connectivity index (χ4n) is 5.75. The molecule has 0 aliphatic heterocycles. The number of benzene rings is 1. The van der Waals surface area contributed by atoms with Crippen LogP contribution in [0.2, 0.25) is 5.02 Å². The van der Waals surface area contributed by atoms with Gasteiger partial charge in [0.1, 0.15) is 11.5 Å². The van der Waals surface area contributed by atoms with Gasteiger partial charge in [-0.05, 0) is 72.6 Å². The second-order valence-corrected chi connectivity index (χ2v) is 8.30. The molecule has 0 spiro atoms. The molecule has 0 heterocycles. The lowest BCUT2D eigenvalue weighted by Gasteiger charge is -2.51. The van der Waals surface area contributed by atoms with E-state index < -0.39 is 0 Å². The highest BCUT2D eigenvalue weighted by Gasteiger charge is 2.56. The first-order chi connectivity index (χ1) is 10.4. The van der Waals surface area contributed by atoms with E-state index in [0.29, 0.717) is 34.5 Å². The second kappa shape index (κ2) is 4.74. The van der Waals surface area contributed by atoms with Crippen molar-refractivity contribution in [2.75, 3.05) is 0 Å². The molecule has 0 saturated heterocycles. The molecule has 0 bridgehead atoms. The predicted octanol–water partition coefficient (Wildman–Crippen LogP) is 4.72. The summed E-state index contributed by atoms with van der Waals surface area (Å²) in [6.45, 7) is 4.52. The Kier molecular flexibility index (Phi) is 3.14. The van der Waals surface area contributed by atoms with Crippen LogP contribution < -0.4 is 0 Å². The number of Topliss-reactive ketones (excluding diaryl/α,β-unsaturated/α-hetero) is 1. The van der Waals surface area contributed by atoms with Crippen LogP contribution in [-0.4, -0.2) is 10.9 Å². The van der Waals surface area contributed by atoms with Crippen LogP contribution in [0.4, 0.5) is 0 Å². The molecule has 0 aromatic heterocycles. The number of phenolic OH excluding ortho intramolecular Hbond substituents is 1. The van der Waals surface area contributed by atoms with Crippen LogP contribution in [-0.2, 0) is 11.2 Å². The summed E-state index contributed by atoms with van der Waals surface area (Å²) < 4.78 is 0.